The van der Waals surface area contributed by atoms with Gasteiger partial charge in [-0.3, -0.25) is 14.5 Å². The Kier molecular flexibility index (Phi) is 5.04. The second-order valence-electron chi connectivity index (χ2n) is 5.59. The van der Waals surface area contributed by atoms with Gasteiger partial charge in [0.15, 0.2) is 0 Å². The first-order valence-corrected chi connectivity index (χ1v) is 8.06. The van der Waals surface area contributed by atoms with E-state index in [1.165, 1.54) is 6.26 Å². The number of amides is 4. The Hall–Kier alpha value is -2.80. The number of hydrogen-bond donors (Lipinski definition) is 2. The lowest BCUT2D eigenvalue weighted by atomic mass is 10.0. The van der Waals surface area contributed by atoms with Crippen molar-refractivity contribution in [3.63, 3.8) is 0 Å². The SMILES string of the molecule is O=C(CN1C(=O)CC(c2ccc(Cl)cc2)NC1=O)NCc1ccco1. The van der Waals surface area contributed by atoms with Crippen LogP contribution in [0.2, 0.25) is 5.02 Å². The predicted octanol–water partition coefficient (Wildman–Crippen LogP) is 2.23. The Labute approximate surface area is 148 Å². The van der Waals surface area contributed by atoms with Crippen LogP contribution in [0.15, 0.2) is 47.1 Å². The first kappa shape index (κ1) is 17.0. The molecule has 2 N–H and O–H groups in total. The molecular weight excluding hydrogens is 346 g/mol. The summed E-state index contributed by atoms with van der Waals surface area (Å²) in [5.74, 6) is -0.257. The number of carbonyl (C=O) groups is 3. The van der Waals surface area contributed by atoms with Gasteiger partial charge in [-0.25, -0.2) is 4.79 Å². The molecule has 0 saturated carbocycles. The normalized spacial score (nSPS) is 17.3. The fraction of sp³-hybridized carbons (Fsp3) is 0.235. The van der Waals surface area contributed by atoms with E-state index in [1.54, 1.807) is 36.4 Å². The third-order valence-electron chi connectivity index (χ3n) is 3.84. The molecule has 0 radical (unpaired) electrons. The molecule has 3 rings (SSSR count). The van der Waals surface area contributed by atoms with Crippen molar-refractivity contribution in [1.29, 1.82) is 0 Å². The van der Waals surface area contributed by atoms with Crippen molar-refractivity contribution in [2.45, 2.75) is 19.0 Å². The van der Waals surface area contributed by atoms with E-state index in [-0.39, 0.29) is 19.5 Å². The van der Waals surface area contributed by atoms with Crippen LogP contribution in [0.4, 0.5) is 4.79 Å². The van der Waals surface area contributed by atoms with E-state index in [1.807, 2.05) is 0 Å². The summed E-state index contributed by atoms with van der Waals surface area (Å²) in [7, 11) is 0. The van der Waals surface area contributed by atoms with E-state index in [2.05, 4.69) is 10.6 Å². The predicted molar refractivity (Wildman–Crippen MR) is 89.6 cm³/mol. The van der Waals surface area contributed by atoms with E-state index in [0.717, 1.165) is 10.5 Å². The second-order valence-corrected chi connectivity index (χ2v) is 6.03. The van der Waals surface area contributed by atoms with Gasteiger partial charge in [0, 0.05) is 5.02 Å². The number of nitrogens with one attached hydrogen (secondary N) is 2. The van der Waals surface area contributed by atoms with Gasteiger partial charge in [0.2, 0.25) is 11.8 Å². The Morgan fingerprint density at radius 3 is 2.68 bits per heavy atom. The number of imide groups is 1. The molecule has 1 aliphatic heterocycles. The van der Waals surface area contributed by atoms with E-state index >= 15 is 0 Å². The van der Waals surface area contributed by atoms with Crippen LogP contribution in [-0.4, -0.2) is 29.3 Å². The van der Waals surface area contributed by atoms with Crippen LogP contribution in [0.1, 0.15) is 23.8 Å². The van der Waals surface area contributed by atoms with Crippen molar-refractivity contribution in [1.82, 2.24) is 15.5 Å². The van der Waals surface area contributed by atoms with Crippen LogP contribution in [0, 0.1) is 0 Å². The van der Waals surface area contributed by atoms with Crippen molar-refractivity contribution in [2.24, 2.45) is 0 Å². The molecule has 8 heteroatoms. The Morgan fingerprint density at radius 1 is 1.28 bits per heavy atom. The maximum Gasteiger partial charge on any atom is 0.325 e. The lowest BCUT2D eigenvalue weighted by molar-refractivity contribution is -0.134. The van der Waals surface area contributed by atoms with Crippen LogP contribution in [0.25, 0.3) is 0 Å². The maximum atomic E-state index is 12.3. The molecule has 25 heavy (non-hydrogen) atoms. The lowest BCUT2D eigenvalue weighted by Gasteiger charge is -2.31. The van der Waals surface area contributed by atoms with Crippen molar-refractivity contribution in [3.8, 4) is 0 Å². The highest BCUT2D eigenvalue weighted by Crippen LogP contribution is 2.23. The molecule has 0 bridgehead atoms. The number of hydrogen-bond acceptors (Lipinski definition) is 4. The number of furan rings is 1. The molecule has 0 spiro atoms. The third kappa shape index (κ3) is 4.19. The molecule has 1 aromatic heterocycles. The van der Waals surface area contributed by atoms with Gasteiger partial charge in [-0.1, -0.05) is 23.7 Å². The van der Waals surface area contributed by atoms with E-state index < -0.39 is 23.9 Å². The number of rotatable bonds is 5. The van der Waals surface area contributed by atoms with Crippen molar-refractivity contribution < 1.29 is 18.8 Å². The minimum absolute atomic E-state index is 0.0822. The number of halogens is 1. The summed E-state index contributed by atoms with van der Waals surface area (Å²) < 4.78 is 5.10. The quantitative estimate of drug-likeness (QED) is 0.854. The number of benzene rings is 1. The largest absolute Gasteiger partial charge is 0.467 e. The fourth-order valence-corrected chi connectivity index (χ4v) is 2.66. The lowest BCUT2D eigenvalue weighted by Crippen LogP contribution is -2.54. The van der Waals surface area contributed by atoms with Gasteiger partial charge >= 0.3 is 6.03 Å². The Morgan fingerprint density at radius 2 is 2.04 bits per heavy atom. The number of carbonyl (C=O) groups excluding carboxylic acids is 3. The molecule has 1 unspecified atom stereocenters. The van der Waals surface area contributed by atoms with Gasteiger partial charge in [-0.2, -0.15) is 0 Å². The molecule has 2 heterocycles. The van der Waals surface area contributed by atoms with Crippen LogP contribution in [0.3, 0.4) is 0 Å². The van der Waals surface area contributed by atoms with Gasteiger partial charge in [-0.15, -0.1) is 0 Å². The monoisotopic (exact) mass is 361 g/mol. The van der Waals surface area contributed by atoms with Gasteiger partial charge < -0.3 is 15.1 Å². The number of nitrogens with zero attached hydrogens (tertiary/aromatic N) is 1. The molecule has 130 valence electrons. The molecule has 0 aliphatic carbocycles. The summed E-state index contributed by atoms with van der Waals surface area (Å²) in [5, 5.41) is 5.91. The smallest absolute Gasteiger partial charge is 0.325 e. The van der Waals surface area contributed by atoms with Crippen LogP contribution in [-0.2, 0) is 16.1 Å². The molecule has 1 saturated heterocycles. The molecule has 7 nitrogen and oxygen atoms in total. The van der Waals surface area contributed by atoms with Gasteiger partial charge in [0.1, 0.15) is 12.3 Å². The standard InChI is InChI=1S/C17H16ClN3O4/c18-12-5-3-11(4-6-12)14-8-16(23)21(17(24)20-14)10-15(22)19-9-13-2-1-7-25-13/h1-7,14H,8-10H2,(H,19,22)(H,20,24). The molecule has 1 fully saturated rings. The van der Waals surface area contributed by atoms with Crippen LogP contribution >= 0.6 is 11.6 Å². The summed E-state index contributed by atoms with van der Waals surface area (Å²) in [5.41, 5.74) is 0.785. The highest BCUT2D eigenvalue weighted by Gasteiger charge is 2.33. The van der Waals surface area contributed by atoms with Crippen LogP contribution in [0.5, 0.6) is 0 Å². The Bertz CT molecular complexity index is 756. The first-order chi connectivity index (χ1) is 12.0. The summed E-state index contributed by atoms with van der Waals surface area (Å²) in [6.45, 7) is -0.137. The molecule has 1 aromatic carbocycles. The van der Waals surface area contributed by atoms with Gasteiger partial charge in [0.25, 0.3) is 0 Å². The van der Waals surface area contributed by atoms with Crippen molar-refractivity contribution in [2.75, 3.05) is 6.54 Å². The van der Waals surface area contributed by atoms with Crippen LogP contribution < -0.4 is 10.6 Å². The first-order valence-electron chi connectivity index (χ1n) is 7.68. The molecular formula is C17H16ClN3O4. The molecule has 4 amide bonds. The minimum Gasteiger partial charge on any atom is -0.467 e. The topological polar surface area (TPSA) is 91.7 Å². The molecule has 2 aromatic rings. The average Bonchev–Trinajstić information content (AvgIpc) is 3.10. The number of urea groups is 1. The zero-order valence-corrected chi connectivity index (χ0v) is 14.0. The van der Waals surface area contributed by atoms with E-state index in [4.69, 9.17) is 16.0 Å². The van der Waals surface area contributed by atoms with Gasteiger partial charge in [-0.05, 0) is 29.8 Å². The molecule has 1 aliphatic rings. The zero-order chi connectivity index (χ0) is 17.8. The molecule has 1 atom stereocenters. The third-order valence-corrected chi connectivity index (χ3v) is 4.09. The summed E-state index contributed by atoms with van der Waals surface area (Å²) >= 11 is 5.84. The maximum absolute atomic E-state index is 12.3. The summed E-state index contributed by atoms with van der Waals surface area (Å²) in [6.07, 6.45) is 1.58. The van der Waals surface area contributed by atoms with E-state index in [9.17, 15) is 14.4 Å². The minimum atomic E-state index is -0.593. The second kappa shape index (κ2) is 7.40. The zero-order valence-electron chi connectivity index (χ0n) is 13.2. The van der Waals surface area contributed by atoms with Gasteiger partial charge in [0.05, 0.1) is 25.3 Å². The highest BCUT2D eigenvalue weighted by atomic mass is 35.5. The van der Waals surface area contributed by atoms with E-state index in [0.29, 0.717) is 10.8 Å². The van der Waals surface area contributed by atoms with Crippen molar-refractivity contribution >= 4 is 29.4 Å². The average molecular weight is 362 g/mol. The fourth-order valence-electron chi connectivity index (χ4n) is 2.53. The van der Waals surface area contributed by atoms with Crippen molar-refractivity contribution in [3.05, 3.63) is 59.0 Å². The summed E-state index contributed by atoms with van der Waals surface area (Å²) in [4.78, 5) is 37.3. The Balaban J connectivity index is 1.57. The highest BCUT2D eigenvalue weighted by molar-refractivity contribution is 6.30. The summed E-state index contributed by atoms with van der Waals surface area (Å²) in [6, 6.07) is 9.31.